The van der Waals surface area contributed by atoms with Gasteiger partial charge in [-0.1, -0.05) is 12.1 Å². The maximum absolute atomic E-state index is 10.1. The van der Waals surface area contributed by atoms with Crippen LogP contribution in [0.15, 0.2) is 36.5 Å². The molecule has 0 spiro atoms. The summed E-state index contributed by atoms with van der Waals surface area (Å²) < 4.78 is 0. The largest absolute Gasteiger partial charge is 0.396 e. The number of hydrogen-bond acceptors (Lipinski definition) is 4. The van der Waals surface area contributed by atoms with Crippen molar-refractivity contribution in [2.24, 2.45) is 5.41 Å². The van der Waals surface area contributed by atoms with Gasteiger partial charge in [0, 0.05) is 37.0 Å². The zero-order chi connectivity index (χ0) is 18.6. The van der Waals surface area contributed by atoms with E-state index in [1.807, 2.05) is 30.5 Å². The van der Waals surface area contributed by atoms with Crippen LogP contribution in [-0.4, -0.2) is 34.7 Å². The Kier molecular flexibility index (Phi) is 5.70. The van der Waals surface area contributed by atoms with Crippen LogP contribution in [-0.2, 0) is 13.0 Å². The van der Waals surface area contributed by atoms with Crippen molar-refractivity contribution < 1.29 is 5.11 Å². The SMILES string of the molecule is Cc1ccnc(C)c1CN1CC[C@](CO)(CCc2ccc(C#N)cc2)C1. The van der Waals surface area contributed by atoms with Crippen LogP contribution in [0.4, 0.5) is 0 Å². The van der Waals surface area contributed by atoms with Crippen molar-refractivity contribution in [3.8, 4) is 6.07 Å². The Balaban J connectivity index is 1.62. The van der Waals surface area contributed by atoms with Crippen LogP contribution in [0, 0.1) is 30.6 Å². The van der Waals surface area contributed by atoms with E-state index in [-0.39, 0.29) is 12.0 Å². The summed E-state index contributed by atoms with van der Waals surface area (Å²) in [5, 5.41) is 19.0. The van der Waals surface area contributed by atoms with E-state index < -0.39 is 0 Å². The minimum atomic E-state index is -0.0298. The zero-order valence-electron chi connectivity index (χ0n) is 15.7. The molecule has 2 heterocycles. The molecule has 1 saturated heterocycles. The number of pyridine rings is 1. The lowest BCUT2D eigenvalue weighted by Gasteiger charge is -2.28. The molecule has 0 unspecified atom stereocenters. The molecule has 3 rings (SSSR count). The lowest BCUT2D eigenvalue weighted by Crippen LogP contribution is -2.31. The number of aryl methyl sites for hydroxylation is 3. The molecule has 4 heteroatoms. The first kappa shape index (κ1) is 18.6. The summed E-state index contributed by atoms with van der Waals surface area (Å²) in [5.74, 6) is 0. The van der Waals surface area contributed by atoms with Gasteiger partial charge in [0.1, 0.15) is 0 Å². The van der Waals surface area contributed by atoms with E-state index in [0.717, 1.165) is 44.6 Å². The maximum Gasteiger partial charge on any atom is 0.0991 e. The van der Waals surface area contributed by atoms with E-state index in [0.29, 0.717) is 5.56 Å². The van der Waals surface area contributed by atoms with Gasteiger partial charge in [0.05, 0.1) is 11.6 Å². The normalized spacial score (nSPS) is 20.2. The van der Waals surface area contributed by atoms with Crippen molar-refractivity contribution in [2.45, 2.75) is 39.7 Å². The summed E-state index contributed by atoms with van der Waals surface area (Å²) >= 11 is 0. The monoisotopic (exact) mass is 349 g/mol. The highest BCUT2D eigenvalue weighted by Crippen LogP contribution is 2.36. The molecular weight excluding hydrogens is 322 g/mol. The maximum atomic E-state index is 10.1. The third-order valence-electron chi connectivity index (χ3n) is 5.77. The van der Waals surface area contributed by atoms with Gasteiger partial charge in [0.25, 0.3) is 0 Å². The molecule has 0 bridgehead atoms. The second-order valence-corrected chi connectivity index (χ2v) is 7.62. The number of hydrogen-bond donors (Lipinski definition) is 1. The fraction of sp³-hybridized carbons (Fsp3) is 0.455. The number of aromatic nitrogens is 1. The number of benzene rings is 1. The van der Waals surface area contributed by atoms with Crippen molar-refractivity contribution in [1.82, 2.24) is 9.88 Å². The summed E-state index contributed by atoms with van der Waals surface area (Å²) in [6, 6.07) is 12.0. The van der Waals surface area contributed by atoms with Crippen LogP contribution in [0.3, 0.4) is 0 Å². The smallest absolute Gasteiger partial charge is 0.0991 e. The minimum absolute atomic E-state index is 0.0298. The Hall–Kier alpha value is -2.22. The van der Waals surface area contributed by atoms with Crippen molar-refractivity contribution in [3.05, 3.63) is 64.5 Å². The Morgan fingerprint density at radius 2 is 2.00 bits per heavy atom. The van der Waals surface area contributed by atoms with Crippen LogP contribution >= 0.6 is 0 Å². The van der Waals surface area contributed by atoms with Crippen LogP contribution in [0.25, 0.3) is 0 Å². The Morgan fingerprint density at radius 1 is 1.23 bits per heavy atom. The van der Waals surface area contributed by atoms with Crippen molar-refractivity contribution in [1.29, 1.82) is 5.26 Å². The highest BCUT2D eigenvalue weighted by molar-refractivity contribution is 5.32. The van der Waals surface area contributed by atoms with Crippen LogP contribution < -0.4 is 0 Å². The van der Waals surface area contributed by atoms with Crippen molar-refractivity contribution in [2.75, 3.05) is 19.7 Å². The molecule has 1 aliphatic rings. The van der Waals surface area contributed by atoms with Crippen LogP contribution in [0.5, 0.6) is 0 Å². The third kappa shape index (κ3) is 4.12. The first-order valence-electron chi connectivity index (χ1n) is 9.29. The van der Waals surface area contributed by atoms with Gasteiger partial charge in [-0.2, -0.15) is 5.26 Å². The first-order valence-corrected chi connectivity index (χ1v) is 9.29. The molecule has 0 radical (unpaired) electrons. The second-order valence-electron chi connectivity index (χ2n) is 7.62. The zero-order valence-corrected chi connectivity index (χ0v) is 15.7. The van der Waals surface area contributed by atoms with E-state index in [4.69, 9.17) is 5.26 Å². The summed E-state index contributed by atoms with van der Waals surface area (Å²) in [6.07, 6.45) is 4.80. The van der Waals surface area contributed by atoms with Crippen LogP contribution in [0.1, 0.15) is 40.8 Å². The fourth-order valence-electron chi connectivity index (χ4n) is 3.92. The van der Waals surface area contributed by atoms with Gasteiger partial charge in [-0.05, 0) is 74.5 Å². The summed E-state index contributed by atoms with van der Waals surface area (Å²) in [6.45, 7) is 7.29. The predicted molar refractivity (Wildman–Crippen MR) is 103 cm³/mol. The molecule has 26 heavy (non-hydrogen) atoms. The molecule has 1 N–H and O–H groups in total. The number of nitrogens with zero attached hydrogens (tertiary/aromatic N) is 3. The number of likely N-dealkylation sites (tertiary alicyclic amines) is 1. The molecule has 1 aromatic carbocycles. The molecule has 4 nitrogen and oxygen atoms in total. The molecule has 1 aliphatic heterocycles. The van der Waals surface area contributed by atoms with E-state index in [2.05, 4.69) is 35.9 Å². The molecule has 0 aliphatic carbocycles. The van der Waals surface area contributed by atoms with E-state index in [9.17, 15) is 5.11 Å². The van der Waals surface area contributed by atoms with Gasteiger partial charge in [0.15, 0.2) is 0 Å². The quantitative estimate of drug-likeness (QED) is 0.868. The molecule has 1 aromatic heterocycles. The lowest BCUT2D eigenvalue weighted by atomic mass is 9.82. The summed E-state index contributed by atoms with van der Waals surface area (Å²) in [7, 11) is 0. The van der Waals surface area contributed by atoms with E-state index in [1.54, 1.807) is 0 Å². The minimum Gasteiger partial charge on any atom is -0.396 e. The van der Waals surface area contributed by atoms with Gasteiger partial charge >= 0.3 is 0 Å². The lowest BCUT2D eigenvalue weighted by molar-refractivity contribution is 0.118. The second kappa shape index (κ2) is 7.99. The average Bonchev–Trinajstić information content (AvgIpc) is 3.07. The molecule has 2 aromatic rings. The molecule has 1 atom stereocenters. The van der Waals surface area contributed by atoms with Crippen molar-refractivity contribution in [3.63, 3.8) is 0 Å². The van der Waals surface area contributed by atoms with E-state index in [1.165, 1.54) is 16.7 Å². The average molecular weight is 349 g/mol. The molecule has 0 saturated carbocycles. The number of rotatable bonds is 6. The third-order valence-corrected chi connectivity index (χ3v) is 5.77. The molecule has 1 fully saturated rings. The first-order chi connectivity index (χ1) is 12.5. The van der Waals surface area contributed by atoms with Gasteiger partial charge in [-0.3, -0.25) is 9.88 Å². The van der Waals surface area contributed by atoms with Gasteiger partial charge < -0.3 is 5.11 Å². The Morgan fingerprint density at radius 3 is 2.65 bits per heavy atom. The van der Waals surface area contributed by atoms with Gasteiger partial charge in [-0.25, -0.2) is 0 Å². The molecular formula is C22H27N3O. The standard InChI is InChI=1S/C22H27N3O/c1-17-8-11-24-18(2)21(17)14-25-12-10-22(15-25,16-26)9-7-19-3-5-20(13-23)6-4-19/h3-6,8,11,26H,7,9-10,12,14-16H2,1-2H3/t22-/m1/s1. The fourth-order valence-corrected chi connectivity index (χ4v) is 3.92. The Bertz CT molecular complexity index is 774. The van der Waals surface area contributed by atoms with Gasteiger partial charge in [-0.15, -0.1) is 0 Å². The molecule has 0 amide bonds. The van der Waals surface area contributed by atoms with E-state index >= 15 is 0 Å². The van der Waals surface area contributed by atoms with Crippen molar-refractivity contribution >= 4 is 0 Å². The number of aliphatic hydroxyl groups is 1. The predicted octanol–water partition coefficient (Wildman–Crippen LogP) is 3.39. The highest BCUT2D eigenvalue weighted by atomic mass is 16.3. The number of aliphatic hydroxyl groups excluding tert-OH is 1. The highest BCUT2D eigenvalue weighted by Gasteiger charge is 2.37. The summed E-state index contributed by atoms with van der Waals surface area (Å²) in [4.78, 5) is 6.88. The topological polar surface area (TPSA) is 60.1 Å². The number of nitriles is 1. The van der Waals surface area contributed by atoms with Gasteiger partial charge in [0.2, 0.25) is 0 Å². The summed E-state index contributed by atoms with van der Waals surface area (Å²) in [5.41, 5.74) is 5.60. The Labute approximate surface area is 156 Å². The molecule has 136 valence electrons. The van der Waals surface area contributed by atoms with Crippen LogP contribution in [0.2, 0.25) is 0 Å².